The molecule has 1 aromatic carbocycles. The summed E-state index contributed by atoms with van der Waals surface area (Å²) in [7, 11) is 3.17. The molecule has 0 aliphatic rings. The van der Waals surface area contributed by atoms with E-state index in [2.05, 4.69) is 31.2 Å². The second kappa shape index (κ2) is 7.41. The lowest BCUT2D eigenvalue weighted by Gasteiger charge is -2.08. The van der Waals surface area contributed by atoms with Gasteiger partial charge in [0.05, 0.1) is 12.0 Å². The van der Waals surface area contributed by atoms with Crippen molar-refractivity contribution in [2.75, 3.05) is 5.32 Å². The molecule has 0 radical (unpaired) electrons. The zero-order valence-electron chi connectivity index (χ0n) is 15.4. The molecule has 0 fully saturated rings. The van der Waals surface area contributed by atoms with Gasteiger partial charge in [-0.25, -0.2) is 19.3 Å². The summed E-state index contributed by atoms with van der Waals surface area (Å²) in [5, 5.41) is 4.86. The highest BCUT2D eigenvalue weighted by Gasteiger charge is 2.17. The number of imidazole rings is 1. The van der Waals surface area contributed by atoms with E-state index in [1.165, 1.54) is 33.8 Å². The Bertz CT molecular complexity index is 1370. The minimum Gasteiger partial charge on any atom is -0.328 e. The summed E-state index contributed by atoms with van der Waals surface area (Å²) in [6.07, 6.45) is 1.45. The number of aryl methyl sites for hydroxylation is 2. The summed E-state index contributed by atoms with van der Waals surface area (Å²) >= 11 is 4.68. The number of carbonyl (C=O) groups excluding carboxylic acids is 1. The minimum absolute atomic E-state index is 0.256. The molecule has 0 aliphatic carbocycles. The molecule has 9 nitrogen and oxygen atoms in total. The van der Waals surface area contributed by atoms with Crippen LogP contribution in [-0.2, 0) is 25.4 Å². The molecule has 0 atom stereocenters. The van der Waals surface area contributed by atoms with E-state index in [1.54, 1.807) is 7.05 Å². The van der Waals surface area contributed by atoms with Crippen LogP contribution in [0.25, 0.3) is 22.4 Å². The standard InChI is InChI=1S/C18H15BrN6O3S/c1-23-9-20-15-14(23)16(27)25(18(28)24(15)2)7-13(26)22-17-21-12(8-29-17)10-4-3-5-11(19)6-10/h3-6,8-9H,7H2,1-2H3,(H,21,22,26). The fourth-order valence-corrected chi connectivity index (χ4v) is 4.08. The highest BCUT2D eigenvalue weighted by Crippen LogP contribution is 2.26. The van der Waals surface area contributed by atoms with Crippen molar-refractivity contribution in [1.82, 2.24) is 23.7 Å². The molecular weight excluding hydrogens is 460 g/mol. The zero-order chi connectivity index (χ0) is 20.7. The number of thiazole rings is 1. The lowest BCUT2D eigenvalue weighted by atomic mass is 10.2. The highest BCUT2D eigenvalue weighted by molar-refractivity contribution is 9.10. The van der Waals surface area contributed by atoms with Gasteiger partial charge in [-0.3, -0.25) is 14.2 Å². The van der Waals surface area contributed by atoms with Crippen LogP contribution in [0.15, 0.2) is 50.0 Å². The maximum absolute atomic E-state index is 12.7. The van der Waals surface area contributed by atoms with Gasteiger partial charge in [0, 0.05) is 29.5 Å². The van der Waals surface area contributed by atoms with Crippen molar-refractivity contribution >= 4 is 49.5 Å². The molecule has 3 heterocycles. The molecule has 11 heteroatoms. The van der Waals surface area contributed by atoms with Crippen molar-refractivity contribution in [3.8, 4) is 11.3 Å². The molecule has 0 saturated carbocycles. The Hall–Kier alpha value is -3.05. The van der Waals surface area contributed by atoms with Gasteiger partial charge >= 0.3 is 5.69 Å². The number of aromatic nitrogens is 5. The first-order valence-corrected chi connectivity index (χ1v) is 10.1. The van der Waals surface area contributed by atoms with E-state index in [0.29, 0.717) is 5.13 Å². The van der Waals surface area contributed by atoms with E-state index in [0.717, 1.165) is 20.3 Å². The Morgan fingerprint density at radius 1 is 1.28 bits per heavy atom. The molecule has 1 N–H and O–H groups in total. The number of nitrogens with zero attached hydrogens (tertiary/aromatic N) is 5. The summed E-state index contributed by atoms with van der Waals surface area (Å²) in [6.45, 7) is -0.418. The van der Waals surface area contributed by atoms with E-state index in [9.17, 15) is 14.4 Å². The van der Waals surface area contributed by atoms with Crippen molar-refractivity contribution < 1.29 is 4.79 Å². The van der Waals surface area contributed by atoms with E-state index in [4.69, 9.17) is 0 Å². The molecule has 29 heavy (non-hydrogen) atoms. The summed E-state index contributed by atoms with van der Waals surface area (Å²) in [5.41, 5.74) is 0.986. The van der Waals surface area contributed by atoms with Gasteiger partial charge in [-0.05, 0) is 12.1 Å². The molecule has 0 saturated heterocycles. The largest absolute Gasteiger partial charge is 0.332 e. The molecule has 0 spiro atoms. The summed E-state index contributed by atoms with van der Waals surface area (Å²) < 4.78 is 4.59. The lowest BCUT2D eigenvalue weighted by molar-refractivity contribution is -0.116. The molecule has 1 amide bonds. The SMILES string of the molecule is Cn1cnc2c1c(=O)n(CC(=O)Nc1nc(-c3cccc(Br)c3)cs1)c(=O)n2C. The Morgan fingerprint density at radius 2 is 2.07 bits per heavy atom. The molecule has 0 unspecified atom stereocenters. The number of fused-ring (bicyclic) bond motifs is 1. The molecule has 148 valence electrons. The van der Waals surface area contributed by atoms with Crippen LogP contribution in [0.4, 0.5) is 5.13 Å². The third-order valence-electron chi connectivity index (χ3n) is 4.37. The van der Waals surface area contributed by atoms with Crippen molar-refractivity contribution in [2.24, 2.45) is 14.1 Å². The van der Waals surface area contributed by atoms with Gasteiger partial charge < -0.3 is 9.88 Å². The van der Waals surface area contributed by atoms with Gasteiger partial charge in [0.1, 0.15) is 6.54 Å². The van der Waals surface area contributed by atoms with Crippen molar-refractivity contribution in [3.05, 3.63) is 61.3 Å². The van der Waals surface area contributed by atoms with Crippen molar-refractivity contribution in [3.63, 3.8) is 0 Å². The summed E-state index contributed by atoms with van der Waals surface area (Å²) in [6, 6.07) is 7.65. The molecule has 4 rings (SSSR count). The average molecular weight is 475 g/mol. The number of halogens is 1. The Kier molecular flexibility index (Phi) is 4.92. The first-order chi connectivity index (χ1) is 13.8. The topological polar surface area (TPSA) is 104 Å². The van der Waals surface area contributed by atoms with Crippen LogP contribution in [0.1, 0.15) is 0 Å². The second-order valence-corrected chi connectivity index (χ2v) is 8.13. The van der Waals surface area contributed by atoms with Gasteiger partial charge in [-0.1, -0.05) is 28.1 Å². The quantitative estimate of drug-likeness (QED) is 0.486. The van der Waals surface area contributed by atoms with Gasteiger partial charge in [0.15, 0.2) is 16.3 Å². The van der Waals surface area contributed by atoms with Gasteiger partial charge in [0.2, 0.25) is 5.91 Å². The predicted octanol–water partition coefficient (Wildman–Crippen LogP) is 1.96. The number of rotatable bonds is 4. The molecule has 0 bridgehead atoms. The fourth-order valence-electron chi connectivity index (χ4n) is 2.95. The minimum atomic E-state index is -0.606. The van der Waals surface area contributed by atoms with Crippen LogP contribution < -0.4 is 16.6 Å². The Labute approximate surface area is 176 Å². The van der Waals surface area contributed by atoms with Crippen molar-refractivity contribution in [2.45, 2.75) is 6.54 Å². The average Bonchev–Trinajstić information content (AvgIpc) is 3.30. The normalized spacial score (nSPS) is 11.1. The van der Waals surface area contributed by atoms with Crippen LogP contribution in [-0.4, -0.2) is 29.6 Å². The van der Waals surface area contributed by atoms with Crippen LogP contribution in [0.3, 0.4) is 0 Å². The van der Waals surface area contributed by atoms with Gasteiger partial charge in [-0.15, -0.1) is 11.3 Å². The first-order valence-electron chi connectivity index (χ1n) is 8.47. The molecular formula is C18H15BrN6O3S. The Balaban J connectivity index is 1.59. The number of hydrogen-bond donors (Lipinski definition) is 1. The van der Waals surface area contributed by atoms with Crippen molar-refractivity contribution in [1.29, 1.82) is 0 Å². The molecule has 4 aromatic rings. The van der Waals surface area contributed by atoms with Crippen LogP contribution in [0.5, 0.6) is 0 Å². The molecule has 0 aliphatic heterocycles. The maximum Gasteiger partial charge on any atom is 0.332 e. The first kappa shape index (κ1) is 19.3. The number of anilines is 1. The number of carbonyl (C=O) groups is 1. The van der Waals surface area contributed by atoms with Crippen LogP contribution >= 0.6 is 27.3 Å². The molecule has 3 aromatic heterocycles. The third-order valence-corrected chi connectivity index (χ3v) is 5.62. The summed E-state index contributed by atoms with van der Waals surface area (Å²) in [4.78, 5) is 46.1. The number of hydrogen-bond acceptors (Lipinski definition) is 6. The monoisotopic (exact) mass is 474 g/mol. The van der Waals surface area contributed by atoms with Crippen LogP contribution in [0, 0.1) is 0 Å². The fraction of sp³-hybridized carbons (Fsp3) is 0.167. The van der Waals surface area contributed by atoms with Gasteiger partial charge in [0.25, 0.3) is 5.56 Å². The third kappa shape index (κ3) is 3.54. The maximum atomic E-state index is 12.7. The predicted molar refractivity (Wildman–Crippen MR) is 114 cm³/mol. The lowest BCUT2D eigenvalue weighted by Crippen LogP contribution is -2.42. The summed E-state index contributed by atoms with van der Waals surface area (Å²) in [5.74, 6) is -0.513. The van der Waals surface area contributed by atoms with E-state index in [-0.39, 0.29) is 11.2 Å². The number of benzene rings is 1. The number of amides is 1. The second-order valence-electron chi connectivity index (χ2n) is 6.36. The van der Waals surface area contributed by atoms with E-state index >= 15 is 0 Å². The van der Waals surface area contributed by atoms with E-state index < -0.39 is 23.7 Å². The highest BCUT2D eigenvalue weighted by atomic mass is 79.9. The number of nitrogens with one attached hydrogen (secondary N) is 1. The smallest absolute Gasteiger partial charge is 0.328 e. The van der Waals surface area contributed by atoms with Crippen LogP contribution in [0.2, 0.25) is 0 Å². The Morgan fingerprint density at radius 3 is 2.83 bits per heavy atom. The van der Waals surface area contributed by atoms with Gasteiger partial charge in [-0.2, -0.15) is 0 Å². The van der Waals surface area contributed by atoms with E-state index in [1.807, 2.05) is 29.6 Å². The zero-order valence-corrected chi connectivity index (χ0v) is 17.8.